The smallest absolute Gasteiger partial charge is 0.416 e. The van der Waals surface area contributed by atoms with Gasteiger partial charge in [-0.25, -0.2) is 0 Å². The highest BCUT2D eigenvalue weighted by Gasteiger charge is 2.33. The van der Waals surface area contributed by atoms with E-state index in [-0.39, 0.29) is 28.1 Å². The largest absolute Gasteiger partial charge is 0.478 e. The van der Waals surface area contributed by atoms with Gasteiger partial charge in [0.1, 0.15) is 12.3 Å². The fraction of sp³-hybridized carbons (Fsp3) is 0.118. The van der Waals surface area contributed by atoms with Crippen molar-refractivity contribution >= 4 is 40.8 Å². The van der Waals surface area contributed by atoms with E-state index >= 15 is 0 Å². The van der Waals surface area contributed by atoms with Crippen LogP contribution >= 0.6 is 23.2 Å². The second-order valence-electron chi connectivity index (χ2n) is 5.16. The number of nitro benzene ring substituents is 1. The van der Waals surface area contributed by atoms with Crippen molar-refractivity contribution in [1.29, 1.82) is 0 Å². The van der Waals surface area contributed by atoms with Crippen molar-refractivity contribution in [2.45, 2.75) is 6.18 Å². The summed E-state index contributed by atoms with van der Waals surface area (Å²) in [5.74, 6) is 2.45. The lowest BCUT2D eigenvalue weighted by Crippen LogP contribution is -2.06. The normalized spacial score (nSPS) is 11.3. The lowest BCUT2D eigenvalue weighted by Gasteiger charge is -2.09. The van der Waals surface area contributed by atoms with Gasteiger partial charge in [-0.2, -0.15) is 18.3 Å². The first-order valence-electron chi connectivity index (χ1n) is 7.33. The Balaban J connectivity index is 2.23. The van der Waals surface area contributed by atoms with E-state index in [1.807, 2.05) is 0 Å². The highest BCUT2D eigenvalue weighted by molar-refractivity contribution is 6.37. The summed E-state index contributed by atoms with van der Waals surface area (Å²) in [6, 6.07) is 4.94. The third-order valence-corrected chi connectivity index (χ3v) is 3.80. The maximum absolute atomic E-state index is 12.7. The summed E-state index contributed by atoms with van der Waals surface area (Å²) in [7, 11) is 0. The molecule has 0 atom stereocenters. The van der Waals surface area contributed by atoms with Crippen LogP contribution in [0.25, 0.3) is 0 Å². The van der Waals surface area contributed by atoms with Crippen molar-refractivity contribution < 1.29 is 22.8 Å². The maximum atomic E-state index is 12.7. The van der Waals surface area contributed by atoms with Gasteiger partial charge in [0.15, 0.2) is 5.75 Å². The van der Waals surface area contributed by atoms with Gasteiger partial charge in [0.25, 0.3) is 5.69 Å². The van der Waals surface area contributed by atoms with Crippen LogP contribution in [0.1, 0.15) is 11.1 Å². The Morgan fingerprint density at radius 1 is 1.29 bits per heavy atom. The first-order valence-corrected chi connectivity index (χ1v) is 8.09. The summed E-state index contributed by atoms with van der Waals surface area (Å²) in [6.07, 6.45) is 1.61. The molecule has 0 amide bonds. The van der Waals surface area contributed by atoms with Gasteiger partial charge in [0, 0.05) is 6.07 Å². The second kappa shape index (κ2) is 8.82. The standard InChI is InChI=1S/C17H10Cl2F3N3O3/c1-2-5-28-16-12(18)6-10(7-13(16)19)9-23-24-14-4-3-11(17(20,21)22)8-15(14)25(26)27/h1,3-4,6-9,24H,5H2/b23-9-. The van der Waals surface area contributed by atoms with E-state index in [9.17, 15) is 23.3 Å². The van der Waals surface area contributed by atoms with Crippen LogP contribution < -0.4 is 10.2 Å². The number of hydrogen-bond acceptors (Lipinski definition) is 5. The number of nitrogens with zero attached hydrogens (tertiary/aromatic N) is 2. The minimum Gasteiger partial charge on any atom is -0.478 e. The molecule has 0 aromatic heterocycles. The summed E-state index contributed by atoms with van der Waals surface area (Å²) in [5.41, 5.74) is 0.591. The van der Waals surface area contributed by atoms with Crippen LogP contribution in [-0.4, -0.2) is 17.7 Å². The molecule has 11 heteroatoms. The monoisotopic (exact) mass is 431 g/mol. The molecule has 0 unspecified atom stereocenters. The van der Waals surface area contributed by atoms with Crippen LogP contribution in [0.15, 0.2) is 35.4 Å². The highest BCUT2D eigenvalue weighted by Crippen LogP contribution is 2.35. The van der Waals surface area contributed by atoms with Gasteiger partial charge in [-0.05, 0) is 29.8 Å². The molecule has 0 bridgehead atoms. The highest BCUT2D eigenvalue weighted by atomic mass is 35.5. The molecular formula is C17H10Cl2F3N3O3. The zero-order chi connectivity index (χ0) is 20.9. The first-order chi connectivity index (χ1) is 13.1. The van der Waals surface area contributed by atoms with Gasteiger partial charge >= 0.3 is 6.18 Å². The molecule has 0 spiro atoms. The lowest BCUT2D eigenvalue weighted by atomic mass is 10.1. The van der Waals surface area contributed by atoms with E-state index < -0.39 is 22.4 Å². The van der Waals surface area contributed by atoms with Crippen LogP contribution in [0.3, 0.4) is 0 Å². The number of hydrazone groups is 1. The molecule has 146 valence electrons. The number of nitro groups is 1. The van der Waals surface area contributed by atoms with E-state index in [0.29, 0.717) is 17.7 Å². The average molecular weight is 432 g/mol. The number of halogens is 5. The molecule has 1 N–H and O–H groups in total. The third kappa shape index (κ3) is 5.28. The number of nitrogens with one attached hydrogen (secondary N) is 1. The number of alkyl halides is 3. The number of hydrogen-bond donors (Lipinski definition) is 1. The fourth-order valence-electron chi connectivity index (χ4n) is 2.04. The van der Waals surface area contributed by atoms with Gasteiger partial charge in [-0.15, -0.1) is 6.42 Å². The topological polar surface area (TPSA) is 76.8 Å². The average Bonchev–Trinajstić information content (AvgIpc) is 2.60. The van der Waals surface area contributed by atoms with E-state index in [1.54, 1.807) is 0 Å². The molecule has 0 saturated heterocycles. The SMILES string of the molecule is C#CCOc1c(Cl)cc(/C=N\Nc2ccc(C(F)(F)F)cc2[N+](=O)[O-])cc1Cl. The number of anilines is 1. The van der Waals surface area contributed by atoms with Crippen molar-refractivity contribution in [1.82, 2.24) is 0 Å². The molecular weight excluding hydrogens is 422 g/mol. The number of ether oxygens (including phenoxy) is 1. The Labute approximate surface area is 167 Å². The zero-order valence-electron chi connectivity index (χ0n) is 13.8. The van der Waals surface area contributed by atoms with Gasteiger partial charge in [0.2, 0.25) is 0 Å². The molecule has 28 heavy (non-hydrogen) atoms. The molecule has 0 aliphatic rings. The number of rotatable bonds is 6. The molecule has 0 fully saturated rings. The van der Waals surface area contributed by atoms with E-state index in [0.717, 1.165) is 6.07 Å². The molecule has 0 radical (unpaired) electrons. The first kappa shape index (κ1) is 21.3. The van der Waals surface area contributed by atoms with E-state index in [4.69, 9.17) is 34.4 Å². The molecule has 0 saturated carbocycles. The van der Waals surface area contributed by atoms with E-state index in [1.165, 1.54) is 18.3 Å². The summed E-state index contributed by atoms with van der Waals surface area (Å²) in [5, 5.41) is 15.1. The van der Waals surface area contributed by atoms with Crippen LogP contribution in [0, 0.1) is 22.5 Å². The van der Waals surface area contributed by atoms with Crippen molar-refractivity contribution in [3.63, 3.8) is 0 Å². The molecule has 0 aliphatic heterocycles. The van der Waals surface area contributed by atoms with Crippen LogP contribution in [-0.2, 0) is 6.18 Å². The van der Waals surface area contributed by atoms with Crippen molar-refractivity contribution in [3.8, 4) is 18.1 Å². The second-order valence-corrected chi connectivity index (χ2v) is 5.98. The fourth-order valence-corrected chi connectivity index (χ4v) is 2.65. The number of benzene rings is 2. The maximum Gasteiger partial charge on any atom is 0.416 e. The van der Waals surface area contributed by atoms with Crippen molar-refractivity contribution in [2.75, 3.05) is 12.0 Å². The minimum absolute atomic E-state index is 0.0357. The Bertz CT molecular complexity index is 949. The third-order valence-electron chi connectivity index (χ3n) is 3.24. The molecule has 0 aliphatic carbocycles. The van der Waals surface area contributed by atoms with Gasteiger partial charge in [-0.3, -0.25) is 15.5 Å². The minimum atomic E-state index is -4.71. The van der Waals surface area contributed by atoms with Gasteiger partial charge in [-0.1, -0.05) is 29.1 Å². The Morgan fingerprint density at radius 2 is 1.93 bits per heavy atom. The van der Waals surface area contributed by atoms with Crippen LogP contribution in [0.2, 0.25) is 10.0 Å². The Kier molecular flexibility index (Phi) is 6.72. The molecule has 2 rings (SSSR count). The summed E-state index contributed by atoms with van der Waals surface area (Å²) in [4.78, 5) is 10.1. The lowest BCUT2D eigenvalue weighted by molar-refractivity contribution is -0.384. The van der Waals surface area contributed by atoms with Crippen molar-refractivity contribution in [3.05, 3.63) is 61.6 Å². The van der Waals surface area contributed by atoms with Crippen LogP contribution in [0.4, 0.5) is 24.5 Å². The molecule has 2 aromatic carbocycles. The Morgan fingerprint density at radius 3 is 2.46 bits per heavy atom. The van der Waals surface area contributed by atoms with Gasteiger partial charge < -0.3 is 4.74 Å². The predicted octanol–water partition coefficient (Wildman–Crippen LogP) is 5.38. The van der Waals surface area contributed by atoms with Gasteiger partial charge in [0.05, 0.1) is 26.7 Å². The number of terminal acetylenes is 1. The van der Waals surface area contributed by atoms with Crippen LogP contribution in [0.5, 0.6) is 5.75 Å². The molecule has 2 aromatic rings. The summed E-state index contributed by atoms with van der Waals surface area (Å²) >= 11 is 12.1. The van der Waals surface area contributed by atoms with E-state index in [2.05, 4.69) is 16.4 Å². The predicted molar refractivity (Wildman–Crippen MR) is 100 cm³/mol. The summed E-state index contributed by atoms with van der Waals surface area (Å²) < 4.78 is 43.3. The zero-order valence-corrected chi connectivity index (χ0v) is 15.3. The summed E-state index contributed by atoms with van der Waals surface area (Å²) in [6.45, 7) is -0.0357. The van der Waals surface area contributed by atoms with Crippen molar-refractivity contribution in [2.24, 2.45) is 5.10 Å². The molecule has 0 heterocycles. The molecule has 6 nitrogen and oxygen atoms in total. The Hall–Kier alpha value is -2.96. The quantitative estimate of drug-likeness (QED) is 0.288.